The number of anilines is 1. The third kappa shape index (κ3) is 3.04. The highest BCUT2D eigenvalue weighted by Crippen LogP contribution is 2.33. The molecule has 0 bridgehead atoms. The first kappa shape index (κ1) is 16.3. The number of carbonyl (C=O) groups excluding carboxylic acids is 1. The Kier molecular flexibility index (Phi) is 4.72. The number of aryl methyl sites for hydroxylation is 1. The van der Waals surface area contributed by atoms with Gasteiger partial charge in [0.15, 0.2) is 0 Å². The second-order valence-electron chi connectivity index (χ2n) is 7.05. The van der Waals surface area contributed by atoms with Crippen LogP contribution in [-0.2, 0) is 4.74 Å². The molecular formula is C19H26N2O2S. The van der Waals surface area contributed by atoms with Gasteiger partial charge in [-0.2, -0.15) is 11.8 Å². The van der Waals surface area contributed by atoms with Crippen LogP contribution in [0.25, 0.3) is 0 Å². The fourth-order valence-corrected chi connectivity index (χ4v) is 5.45. The van der Waals surface area contributed by atoms with E-state index >= 15 is 0 Å². The van der Waals surface area contributed by atoms with E-state index in [1.165, 1.54) is 12.8 Å². The third-order valence-electron chi connectivity index (χ3n) is 5.42. The monoisotopic (exact) mass is 346 g/mol. The summed E-state index contributed by atoms with van der Waals surface area (Å²) in [5.41, 5.74) is 3.19. The van der Waals surface area contributed by atoms with Crippen molar-refractivity contribution in [2.45, 2.75) is 37.5 Å². The van der Waals surface area contributed by atoms with Crippen LogP contribution in [0.1, 0.15) is 35.2 Å². The molecule has 0 unspecified atom stereocenters. The maximum atomic E-state index is 13.4. The highest BCUT2D eigenvalue weighted by atomic mass is 32.2. The van der Waals surface area contributed by atoms with Gasteiger partial charge in [0.1, 0.15) is 0 Å². The van der Waals surface area contributed by atoms with Crippen molar-refractivity contribution < 1.29 is 9.53 Å². The van der Waals surface area contributed by atoms with E-state index in [4.69, 9.17) is 4.74 Å². The van der Waals surface area contributed by atoms with Gasteiger partial charge in [0.2, 0.25) is 0 Å². The van der Waals surface area contributed by atoms with Crippen molar-refractivity contribution in [2.75, 3.05) is 43.5 Å². The first-order chi connectivity index (χ1) is 11.7. The number of benzene rings is 1. The molecule has 0 radical (unpaired) electrons. The van der Waals surface area contributed by atoms with Crippen LogP contribution in [0.15, 0.2) is 18.2 Å². The van der Waals surface area contributed by atoms with Crippen molar-refractivity contribution in [2.24, 2.45) is 0 Å². The van der Waals surface area contributed by atoms with Gasteiger partial charge in [-0.25, -0.2) is 0 Å². The molecule has 0 spiro atoms. The van der Waals surface area contributed by atoms with Crippen LogP contribution in [-0.4, -0.2) is 60.7 Å². The number of rotatable bonds is 2. The number of thioether (sulfide) groups is 1. The molecule has 1 amide bonds. The quantitative estimate of drug-likeness (QED) is 0.824. The molecule has 3 heterocycles. The van der Waals surface area contributed by atoms with E-state index in [1.807, 2.05) is 11.8 Å². The molecule has 5 heteroatoms. The molecule has 24 heavy (non-hydrogen) atoms. The minimum atomic E-state index is 0.220. The minimum absolute atomic E-state index is 0.220. The van der Waals surface area contributed by atoms with Gasteiger partial charge in [-0.1, -0.05) is 11.6 Å². The van der Waals surface area contributed by atoms with E-state index in [-0.39, 0.29) is 5.91 Å². The molecule has 4 rings (SSSR count). The van der Waals surface area contributed by atoms with Crippen molar-refractivity contribution in [3.8, 4) is 0 Å². The van der Waals surface area contributed by atoms with Crippen LogP contribution < -0.4 is 4.90 Å². The van der Waals surface area contributed by atoms with Crippen molar-refractivity contribution in [3.05, 3.63) is 29.3 Å². The summed E-state index contributed by atoms with van der Waals surface area (Å²) < 4.78 is 5.63. The summed E-state index contributed by atoms with van der Waals surface area (Å²) in [6, 6.07) is 6.70. The summed E-state index contributed by atoms with van der Waals surface area (Å²) in [6.07, 6.45) is 3.42. The van der Waals surface area contributed by atoms with E-state index in [1.54, 1.807) is 0 Å². The van der Waals surface area contributed by atoms with Gasteiger partial charge in [0.25, 0.3) is 5.91 Å². The SMILES string of the molecule is Cc1ccc(N2CCCC2)c(C(=O)N2CCS[C@H]3COCC[C@@H]32)c1. The van der Waals surface area contributed by atoms with Gasteiger partial charge in [-0.15, -0.1) is 0 Å². The summed E-state index contributed by atoms with van der Waals surface area (Å²) in [5, 5.41) is 0.441. The molecule has 1 aromatic rings. The van der Waals surface area contributed by atoms with E-state index in [2.05, 4.69) is 34.9 Å². The van der Waals surface area contributed by atoms with Crippen molar-refractivity contribution in [1.82, 2.24) is 4.90 Å². The number of hydrogen-bond donors (Lipinski definition) is 0. The predicted octanol–water partition coefficient (Wildman–Crippen LogP) is 2.94. The lowest BCUT2D eigenvalue weighted by Crippen LogP contribution is -2.54. The minimum Gasteiger partial charge on any atom is -0.380 e. The molecule has 3 aliphatic rings. The Hall–Kier alpha value is -1.20. The normalized spacial score (nSPS) is 27.2. The summed E-state index contributed by atoms with van der Waals surface area (Å²) >= 11 is 1.97. The third-order valence-corrected chi connectivity index (χ3v) is 6.72. The van der Waals surface area contributed by atoms with Crippen LogP contribution in [0.2, 0.25) is 0 Å². The van der Waals surface area contributed by atoms with Gasteiger partial charge >= 0.3 is 0 Å². The van der Waals surface area contributed by atoms with Gasteiger partial charge in [0, 0.05) is 49.0 Å². The number of ether oxygens (including phenoxy) is 1. The summed E-state index contributed by atoms with van der Waals surface area (Å²) in [7, 11) is 0. The molecule has 0 N–H and O–H groups in total. The van der Waals surface area contributed by atoms with Crippen molar-refractivity contribution in [1.29, 1.82) is 0 Å². The van der Waals surface area contributed by atoms with Gasteiger partial charge in [0.05, 0.1) is 12.2 Å². The number of carbonyl (C=O) groups is 1. The van der Waals surface area contributed by atoms with Crippen LogP contribution in [0.5, 0.6) is 0 Å². The maximum Gasteiger partial charge on any atom is 0.256 e. The Bertz CT molecular complexity index is 613. The lowest BCUT2D eigenvalue weighted by atomic mass is 10.0. The zero-order chi connectivity index (χ0) is 16.5. The number of hydrogen-bond acceptors (Lipinski definition) is 4. The van der Waals surface area contributed by atoms with Gasteiger partial charge in [-0.3, -0.25) is 4.79 Å². The summed E-state index contributed by atoms with van der Waals surface area (Å²) in [5.74, 6) is 1.24. The van der Waals surface area contributed by atoms with E-state index < -0.39 is 0 Å². The zero-order valence-electron chi connectivity index (χ0n) is 14.4. The van der Waals surface area contributed by atoms with E-state index in [9.17, 15) is 4.79 Å². The van der Waals surface area contributed by atoms with E-state index in [0.717, 1.165) is 61.8 Å². The average molecular weight is 346 g/mol. The second kappa shape index (κ2) is 6.96. The fourth-order valence-electron chi connectivity index (χ4n) is 4.15. The number of nitrogens with zero attached hydrogens (tertiary/aromatic N) is 2. The maximum absolute atomic E-state index is 13.4. The molecule has 3 aliphatic heterocycles. The van der Waals surface area contributed by atoms with Crippen LogP contribution in [0, 0.1) is 6.92 Å². The Morgan fingerprint density at radius 3 is 2.92 bits per heavy atom. The molecule has 0 aromatic heterocycles. The average Bonchev–Trinajstić information content (AvgIpc) is 3.15. The molecule has 3 saturated heterocycles. The van der Waals surface area contributed by atoms with Crippen LogP contribution >= 0.6 is 11.8 Å². The van der Waals surface area contributed by atoms with Gasteiger partial charge in [-0.05, 0) is 38.3 Å². The highest BCUT2D eigenvalue weighted by Gasteiger charge is 2.38. The molecule has 2 atom stereocenters. The lowest BCUT2D eigenvalue weighted by molar-refractivity contribution is 0.0319. The summed E-state index contributed by atoms with van der Waals surface area (Å²) in [6.45, 7) is 6.63. The largest absolute Gasteiger partial charge is 0.380 e. The lowest BCUT2D eigenvalue weighted by Gasteiger charge is -2.43. The topological polar surface area (TPSA) is 32.8 Å². The van der Waals surface area contributed by atoms with E-state index in [0.29, 0.717) is 11.3 Å². The van der Waals surface area contributed by atoms with Crippen molar-refractivity contribution >= 4 is 23.4 Å². The van der Waals surface area contributed by atoms with Gasteiger partial charge < -0.3 is 14.5 Å². The first-order valence-corrected chi connectivity index (χ1v) is 10.1. The smallest absolute Gasteiger partial charge is 0.256 e. The Balaban J connectivity index is 1.64. The second-order valence-corrected chi connectivity index (χ2v) is 8.40. The molecule has 3 fully saturated rings. The molecule has 0 saturated carbocycles. The molecule has 4 nitrogen and oxygen atoms in total. The molecule has 1 aromatic carbocycles. The summed E-state index contributed by atoms with van der Waals surface area (Å²) in [4.78, 5) is 18.0. The Labute approximate surface area is 148 Å². The highest BCUT2D eigenvalue weighted by molar-refractivity contribution is 8.00. The van der Waals surface area contributed by atoms with Crippen molar-refractivity contribution in [3.63, 3.8) is 0 Å². The Morgan fingerprint density at radius 2 is 2.08 bits per heavy atom. The molecule has 0 aliphatic carbocycles. The van der Waals surface area contributed by atoms with Crippen LogP contribution in [0.4, 0.5) is 5.69 Å². The number of amides is 1. The Morgan fingerprint density at radius 1 is 1.25 bits per heavy atom. The number of fused-ring (bicyclic) bond motifs is 1. The standard InChI is InChI=1S/C19H26N2O2S/c1-14-4-5-16(20-7-2-3-8-20)15(12-14)19(22)21-9-11-24-18-13-23-10-6-17(18)21/h4-5,12,17-18H,2-3,6-11,13H2,1H3/t17-,18-/m0/s1. The fraction of sp³-hybridized carbons (Fsp3) is 0.632. The molecule has 130 valence electrons. The first-order valence-electron chi connectivity index (χ1n) is 9.10. The predicted molar refractivity (Wildman–Crippen MR) is 99.1 cm³/mol. The molecular weight excluding hydrogens is 320 g/mol. The van der Waals surface area contributed by atoms with Crippen LogP contribution in [0.3, 0.4) is 0 Å². The zero-order valence-corrected chi connectivity index (χ0v) is 15.2.